The third-order valence-corrected chi connectivity index (χ3v) is 3.28. The minimum Gasteiger partial charge on any atom is -0.477 e. The molecule has 1 aromatic carbocycles. The van der Waals surface area contributed by atoms with E-state index in [9.17, 15) is 4.79 Å². The maximum Gasteiger partial charge on any atom is 0.345 e. The fraction of sp³-hybridized carbons (Fsp3) is 0.154. The van der Waals surface area contributed by atoms with Crippen molar-refractivity contribution in [1.82, 2.24) is 0 Å². The summed E-state index contributed by atoms with van der Waals surface area (Å²) < 4.78 is 0. The molecule has 82 valence electrons. The molecule has 3 heteroatoms. The van der Waals surface area contributed by atoms with Crippen LogP contribution < -0.4 is 0 Å². The highest BCUT2D eigenvalue weighted by molar-refractivity contribution is 7.12. The van der Waals surface area contributed by atoms with Crippen molar-refractivity contribution in [1.29, 1.82) is 0 Å². The lowest BCUT2D eigenvalue weighted by Crippen LogP contribution is -1.90. The molecule has 2 nitrogen and oxygen atoms in total. The summed E-state index contributed by atoms with van der Waals surface area (Å²) in [6.07, 6.45) is 0. The number of carboxylic acid groups (broad SMARTS) is 1. The Hall–Kier alpha value is -1.61. The molecule has 1 N–H and O–H groups in total. The van der Waals surface area contributed by atoms with Crippen molar-refractivity contribution in [3.05, 3.63) is 45.6 Å². The first kappa shape index (κ1) is 10.9. The molecule has 0 saturated carbocycles. The number of hydrogen-bond donors (Lipinski definition) is 1. The van der Waals surface area contributed by atoms with Gasteiger partial charge in [0.2, 0.25) is 0 Å². The SMILES string of the molecule is Cc1cc(C)cc(-c2csc(C(=O)O)c2)c1. The van der Waals surface area contributed by atoms with Crippen molar-refractivity contribution >= 4 is 17.3 Å². The monoisotopic (exact) mass is 232 g/mol. The molecule has 2 aromatic rings. The number of carboxylic acids is 1. The molecule has 1 aromatic heterocycles. The van der Waals surface area contributed by atoms with Crippen molar-refractivity contribution in [3.63, 3.8) is 0 Å². The van der Waals surface area contributed by atoms with Crippen molar-refractivity contribution in [2.75, 3.05) is 0 Å². The second-order valence-electron chi connectivity index (χ2n) is 3.88. The lowest BCUT2D eigenvalue weighted by atomic mass is 10.0. The van der Waals surface area contributed by atoms with Crippen LogP contribution in [0, 0.1) is 13.8 Å². The Morgan fingerprint density at radius 2 is 1.69 bits per heavy atom. The van der Waals surface area contributed by atoms with Crippen LogP contribution in [0.4, 0.5) is 0 Å². The van der Waals surface area contributed by atoms with Crippen LogP contribution in [0.1, 0.15) is 20.8 Å². The second-order valence-corrected chi connectivity index (χ2v) is 4.79. The zero-order chi connectivity index (χ0) is 11.7. The number of carbonyl (C=O) groups is 1. The van der Waals surface area contributed by atoms with Crippen LogP contribution in [-0.4, -0.2) is 11.1 Å². The van der Waals surface area contributed by atoms with Gasteiger partial charge in [-0.05, 0) is 36.4 Å². The number of aryl methyl sites for hydroxylation is 2. The Bertz CT molecular complexity index is 520. The molecule has 0 aliphatic heterocycles. The lowest BCUT2D eigenvalue weighted by Gasteiger charge is -2.02. The fourth-order valence-electron chi connectivity index (χ4n) is 1.74. The Balaban J connectivity index is 2.46. The first-order valence-electron chi connectivity index (χ1n) is 4.97. The summed E-state index contributed by atoms with van der Waals surface area (Å²) in [6, 6.07) is 7.97. The highest BCUT2D eigenvalue weighted by Gasteiger charge is 2.08. The molecule has 0 fully saturated rings. The van der Waals surface area contributed by atoms with Crippen LogP contribution in [0.2, 0.25) is 0 Å². The molecule has 0 aliphatic carbocycles. The van der Waals surface area contributed by atoms with Crippen LogP contribution in [0.5, 0.6) is 0 Å². The van der Waals surface area contributed by atoms with Gasteiger partial charge < -0.3 is 5.11 Å². The van der Waals surface area contributed by atoms with Gasteiger partial charge in [0.15, 0.2) is 0 Å². The minimum atomic E-state index is -0.861. The number of rotatable bonds is 2. The van der Waals surface area contributed by atoms with Crippen molar-refractivity contribution < 1.29 is 9.90 Å². The van der Waals surface area contributed by atoms with Gasteiger partial charge in [-0.3, -0.25) is 0 Å². The molecule has 2 rings (SSSR count). The van der Waals surface area contributed by atoms with Gasteiger partial charge in [-0.2, -0.15) is 0 Å². The predicted octanol–water partition coefficient (Wildman–Crippen LogP) is 3.73. The zero-order valence-corrected chi connectivity index (χ0v) is 9.97. The maximum atomic E-state index is 10.8. The highest BCUT2D eigenvalue weighted by Crippen LogP contribution is 2.27. The molecule has 0 saturated heterocycles. The quantitative estimate of drug-likeness (QED) is 0.856. The number of aromatic carboxylic acids is 1. The predicted molar refractivity (Wildman–Crippen MR) is 66.2 cm³/mol. The summed E-state index contributed by atoms with van der Waals surface area (Å²) >= 11 is 1.26. The molecule has 0 atom stereocenters. The van der Waals surface area contributed by atoms with Crippen molar-refractivity contribution in [3.8, 4) is 11.1 Å². The summed E-state index contributed by atoms with van der Waals surface area (Å²) in [5.74, 6) is -0.861. The Morgan fingerprint density at radius 3 is 2.19 bits per heavy atom. The van der Waals surface area contributed by atoms with Gasteiger partial charge in [0.05, 0.1) is 0 Å². The average Bonchev–Trinajstić information content (AvgIpc) is 2.64. The van der Waals surface area contributed by atoms with E-state index < -0.39 is 5.97 Å². The lowest BCUT2D eigenvalue weighted by molar-refractivity contribution is 0.0702. The molecule has 0 unspecified atom stereocenters. The van der Waals surface area contributed by atoms with E-state index in [1.165, 1.54) is 22.5 Å². The summed E-state index contributed by atoms with van der Waals surface area (Å²) in [5.41, 5.74) is 4.45. The van der Waals surface area contributed by atoms with Gasteiger partial charge in [0, 0.05) is 0 Å². The summed E-state index contributed by atoms with van der Waals surface area (Å²) in [7, 11) is 0. The topological polar surface area (TPSA) is 37.3 Å². The van der Waals surface area contributed by atoms with Crippen molar-refractivity contribution in [2.45, 2.75) is 13.8 Å². The average molecular weight is 232 g/mol. The number of hydrogen-bond acceptors (Lipinski definition) is 2. The largest absolute Gasteiger partial charge is 0.477 e. The smallest absolute Gasteiger partial charge is 0.345 e. The molecular formula is C13H12O2S. The molecule has 0 aliphatic rings. The van der Waals surface area contributed by atoms with E-state index in [-0.39, 0.29) is 0 Å². The van der Waals surface area contributed by atoms with Crippen molar-refractivity contribution in [2.24, 2.45) is 0 Å². The van der Waals surface area contributed by atoms with E-state index in [1.54, 1.807) is 6.07 Å². The molecule has 0 spiro atoms. The number of thiophene rings is 1. The van der Waals surface area contributed by atoms with Crippen LogP contribution in [0.15, 0.2) is 29.6 Å². The Kier molecular flexibility index (Phi) is 2.79. The summed E-state index contributed by atoms with van der Waals surface area (Å²) in [5, 5.41) is 10.8. The van der Waals surface area contributed by atoms with Gasteiger partial charge in [-0.15, -0.1) is 11.3 Å². The van der Waals surface area contributed by atoms with Gasteiger partial charge in [-0.25, -0.2) is 4.79 Å². The first-order valence-corrected chi connectivity index (χ1v) is 5.85. The molecular weight excluding hydrogens is 220 g/mol. The third kappa shape index (κ3) is 2.14. The minimum absolute atomic E-state index is 0.383. The van der Waals surface area contributed by atoms with Crippen LogP contribution in [-0.2, 0) is 0 Å². The fourth-order valence-corrected chi connectivity index (χ4v) is 2.49. The third-order valence-electron chi connectivity index (χ3n) is 2.37. The van der Waals surface area contributed by atoms with E-state index in [0.717, 1.165) is 11.1 Å². The Morgan fingerprint density at radius 1 is 1.06 bits per heavy atom. The van der Waals surface area contributed by atoms with E-state index in [1.807, 2.05) is 19.2 Å². The van der Waals surface area contributed by atoms with E-state index in [0.29, 0.717) is 4.88 Å². The van der Waals surface area contributed by atoms with Gasteiger partial charge in [-0.1, -0.05) is 29.3 Å². The normalized spacial score (nSPS) is 10.4. The van der Waals surface area contributed by atoms with Crippen LogP contribution in [0.3, 0.4) is 0 Å². The highest BCUT2D eigenvalue weighted by atomic mass is 32.1. The van der Waals surface area contributed by atoms with E-state index >= 15 is 0 Å². The maximum absolute atomic E-state index is 10.8. The van der Waals surface area contributed by atoms with E-state index in [4.69, 9.17) is 5.11 Å². The second kappa shape index (κ2) is 4.10. The van der Waals surface area contributed by atoms with E-state index in [2.05, 4.69) is 18.2 Å². The number of benzene rings is 1. The molecule has 0 bridgehead atoms. The standard InChI is InChI=1S/C13H12O2S/c1-8-3-9(2)5-10(4-8)11-6-12(13(14)15)16-7-11/h3-7H,1-2H3,(H,14,15). The first-order chi connectivity index (χ1) is 7.56. The zero-order valence-electron chi connectivity index (χ0n) is 9.15. The Labute approximate surface area is 98.2 Å². The molecule has 1 heterocycles. The van der Waals surface area contributed by atoms with Gasteiger partial charge in [0.1, 0.15) is 4.88 Å². The molecule has 0 radical (unpaired) electrons. The van der Waals surface area contributed by atoms with Gasteiger partial charge >= 0.3 is 5.97 Å². The molecule has 16 heavy (non-hydrogen) atoms. The van der Waals surface area contributed by atoms with Crippen LogP contribution in [0.25, 0.3) is 11.1 Å². The van der Waals surface area contributed by atoms with Crippen LogP contribution >= 0.6 is 11.3 Å². The molecule has 0 amide bonds. The van der Waals surface area contributed by atoms with Gasteiger partial charge in [0.25, 0.3) is 0 Å². The summed E-state index contributed by atoms with van der Waals surface area (Å²) in [4.78, 5) is 11.2. The summed E-state index contributed by atoms with van der Waals surface area (Å²) in [6.45, 7) is 4.09.